The summed E-state index contributed by atoms with van der Waals surface area (Å²) in [6, 6.07) is 0. The van der Waals surface area contributed by atoms with Gasteiger partial charge in [0.2, 0.25) is 0 Å². The summed E-state index contributed by atoms with van der Waals surface area (Å²) in [6.45, 7) is 4.10. The molecule has 25 heavy (non-hydrogen) atoms. The van der Waals surface area contributed by atoms with Crippen molar-refractivity contribution in [3.8, 4) is 0 Å². The average Bonchev–Trinajstić information content (AvgIpc) is 3.00. The lowest BCUT2D eigenvalue weighted by Gasteiger charge is -2.13. The van der Waals surface area contributed by atoms with E-state index in [-0.39, 0.29) is 0 Å². The molecular formula is C19H38N4S2. The van der Waals surface area contributed by atoms with Crippen molar-refractivity contribution >= 4 is 35.2 Å². The first-order valence-corrected chi connectivity index (χ1v) is 12.3. The second-order valence-electron chi connectivity index (χ2n) is 6.97. The van der Waals surface area contributed by atoms with Gasteiger partial charge in [0.1, 0.15) is 0 Å². The Morgan fingerprint density at radius 2 is 1.52 bits per heavy atom. The number of hydrogen-bond donors (Lipinski definition) is 2. The van der Waals surface area contributed by atoms with E-state index in [0.717, 1.165) is 73.1 Å². The fourth-order valence-corrected chi connectivity index (χ4v) is 4.73. The molecular weight excluding hydrogens is 348 g/mol. The first kappa shape index (κ1) is 22.7. The molecule has 0 amide bonds. The molecule has 6 heteroatoms. The molecule has 0 spiro atoms. The first-order valence-electron chi connectivity index (χ1n) is 9.81. The maximum Gasteiger partial charge on any atom is 0.0937 e. The van der Waals surface area contributed by atoms with Crippen molar-refractivity contribution in [3.63, 3.8) is 0 Å². The largest absolute Gasteiger partial charge is 0.387 e. The first-order chi connectivity index (χ1) is 12.1. The van der Waals surface area contributed by atoms with Gasteiger partial charge in [-0.2, -0.15) is 23.5 Å². The second-order valence-corrected chi connectivity index (χ2v) is 9.30. The summed E-state index contributed by atoms with van der Waals surface area (Å²) in [5, 5.41) is 0.855. The third-order valence-electron chi connectivity index (χ3n) is 4.75. The van der Waals surface area contributed by atoms with Crippen LogP contribution in [0.1, 0.15) is 64.7 Å². The summed E-state index contributed by atoms with van der Waals surface area (Å²) in [6.07, 6.45) is 12.8. The van der Waals surface area contributed by atoms with Crippen molar-refractivity contribution in [2.75, 3.05) is 30.9 Å². The lowest BCUT2D eigenvalue weighted by atomic mass is 10.1. The van der Waals surface area contributed by atoms with Crippen LogP contribution >= 0.6 is 23.5 Å². The van der Waals surface area contributed by atoms with Gasteiger partial charge in [-0.3, -0.25) is 9.98 Å². The summed E-state index contributed by atoms with van der Waals surface area (Å²) in [5.41, 5.74) is 11.9. The number of unbranched alkanes of at least 4 members (excludes halogenated alkanes) is 3. The molecule has 1 saturated carbocycles. The maximum absolute atomic E-state index is 6.03. The molecule has 0 aliphatic heterocycles. The molecule has 1 fully saturated rings. The number of nitrogens with two attached hydrogens (primary N) is 2. The van der Waals surface area contributed by atoms with Crippen molar-refractivity contribution in [2.45, 2.75) is 70.0 Å². The van der Waals surface area contributed by atoms with Gasteiger partial charge in [0, 0.05) is 42.7 Å². The van der Waals surface area contributed by atoms with E-state index in [2.05, 4.69) is 34.9 Å². The number of rotatable bonds is 14. The van der Waals surface area contributed by atoms with Crippen molar-refractivity contribution < 1.29 is 0 Å². The van der Waals surface area contributed by atoms with Crippen LogP contribution in [-0.4, -0.2) is 47.8 Å². The fraction of sp³-hybridized carbons (Fsp3) is 0.895. The smallest absolute Gasteiger partial charge is 0.0937 e. The highest BCUT2D eigenvalue weighted by Gasteiger charge is 2.22. The molecule has 2 unspecified atom stereocenters. The molecule has 4 nitrogen and oxygen atoms in total. The molecule has 0 aromatic heterocycles. The highest BCUT2D eigenvalue weighted by Crippen LogP contribution is 2.34. The van der Waals surface area contributed by atoms with Gasteiger partial charge >= 0.3 is 0 Å². The molecule has 1 rings (SSSR count). The SMILES string of the molecule is CSCCN=C(N)CCCCCCC(N)=NCCSC1CCCC1C. The maximum atomic E-state index is 6.03. The fourth-order valence-electron chi connectivity index (χ4n) is 3.16. The van der Waals surface area contributed by atoms with Crippen LogP contribution < -0.4 is 11.5 Å². The third kappa shape index (κ3) is 11.8. The molecule has 146 valence electrons. The van der Waals surface area contributed by atoms with E-state index in [1.54, 1.807) is 0 Å². The minimum atomic E-state index is 0.809. The molecule has 0 heterocycles. The Bertz CT molecular complexity index is 399. The normalized spacial score (nSPS) is 21.8. The second kappa shape index (κ2) is 14.8. The van der Waals surface area contributed by atoms with Crippen LogP contribution in [0.25, 0.3) is 0 Å². The van der Waals surface area contributed by atoms with Gasteiger partial charge in [-0.1, -0.05) is 26.2 Å². The Hall–Kier alpha value is -0.360. The van der Waals surface area contributed by atoms with E-state index in [9.17, 15) is 0 Å². The number of hydrogen-bond acceptors (Lipinski definition) is 4. The summed E-state index contributed by atoms with van der Waals surface area (Å²) in [5.74, 6) is 4.70. The van der Waals surface area contributed by atoms with Crippen LogP contribution in [0.2, 0.25) is 0 Å². The van der Waals surface area contributed by atoms with Crippen molar-refractivity contribution in [1.29, 1.82) is 0 Å². The highest BCUT2D eigenvalue weighted by molar-refractivity contribution is 7.99. The van der Waals surface area contributed by atoms with E-state index >= 15 is 0 Å². The third-order valence-corrected chi connectivity index (χ3v) is 6.88. The van der Waals surface area contributed by atoms with Gasteiger partial charge < -0.3 is 11.5 Å². The number of thioether (sulfide) groups is 2. The van der Waals surface area contributed by atoms with Crippen LogP contribution in [0.15, 0.2) is 9.98 Å². The van der Waals surface area contributed by atoms with E-state index in [1.807, 2.05) is 11.8 Å². The summed E-state index contributed by atoms with van der Waals surface area (Å²) >= 11 is 3.90. The van der Waals surface area contributed by atoms with Crippen LogP contribution in [0.5, 0.6) is 0 Å². The molecule has 0 radical (unpaired) electrons. The van der Waals surface area contributed by atoms with Gasteiger partial charge in [0.25, 0.3) is 0 Å². The van der Waals surface area contributed by atoms with Gasteiger partial charge in [0.15, 0.2) is 0 Å². The Morgan fingerprint density at radius 1 is 0.920 bits per heavy atom. The van der Waals surface area contributed by atoms with Crippen LogP contribution in [-0.2, 0) is 0 Å². The average molecular weight is 387 g/mol. The van der Waals surface area contributed by atoms with E-state index in [1.165, 1.54) is 32.1 Å². The molecule has 0 aromatic rings. The predicted octanol–water partition coefficient (Wildman–Crippen LogP) is 4.33. The van der Waals surface area contributed by atoms with Crippen molar-refractivity contribution in [1.82, 2.24) is 0 Å². The van der Waals surface area contributed by atoms with Crippen molar-refractivity contribution in [2.24, 2.45) is 27.4 Å². The monoisotopic (exact) mass is 386 g/mol. The molecule has 1 aliphatic carbocycles. The number of aliphatic imine (C=N–C) groups is 2. The summed E-state index contributed by atoms with van der Waals surface area (Å²) in [4.78, 5) is 8.90. The topological polar surface area (TPSA) is 76.8 Å². The Labute approximate surface area is 163 Å². The minimum Gasteiger partial charge on any atom is -0.387 e. The summed E-state index contributed by atoms with van der Waals surface area (Å²) < 4.78 is 0. The Balaban J connectivity index is 1.95. The van der Waals surface area contributed by atoms with Gasteiger partial charge in [-0.15, -0.1) is 0 Å². The highest BCUT2D eigenvalue weighted by atomic mass is 32.2. The van der Waals surface area contributed by atoms with Crippen LogP contribution in [0.3, 0.4) is 0 Å². The molecule has 0 bridgehead atoms. The Morgan fingerprint density at radius 3 is 2.04 bits per heavy atom. The lowest BCUT2D eigenvalue weighted by Crippen LogP contribution is -2.14. The molecule has 4 N–H and O–H groups in total. The van der Waals surface area contributed by atoms with Crippen LogP contribution in [0.4, 0.5) is 0 Å². The minimum absolute atomic E-state index is 0.809. The molecule has 1 aliphatic rings. The molecule has 2 atom stereocenters. The lowest BCUT2D eigenvalue weighted by molar-refractivity contribution is 0.624. The summed E-state index contributed by atoms with van der Waals surface area (Å²) in [7, 11) is 0. The molecule has 0 aromatic carbocycles. The van der Waals surface area contributed by atoms with E-state index in [0.29, 0.717) is 0 Å². The zero-order valence-electron chi connectivity index (χ0n) is 16.2. The quantitative estimate of drug-likeness (QED) is 0.265. The predicted molar refractivity (Wildman–Crippen MR) is 118 cm³/mol. The van der Waals surface area contributed by atoms with Crippen LogP contribution in [0, 0.1) is 5.92 Å². The zero-order valence-corrected chi connectivity index (χ0v) is 17.8. The molecule has 0 saturated heterocycles. The zero-order chi connectivity index (χ0) is 18.3. The Kier molecular flexibility index (Phi) is 13.4. The van der Waals surface area contributed by atoms with Gasteiger partial charge in [-0.05, 0) is 37.9 Å². The number of amidine groups is 2. The van der Waals surface area contributed by atoms with Gasteiger partial charge in [0.05, 0.1) is 11.7 Å². The van der Waals surface area contributed by atoms with Gasteiger partial charge in [-0.25, -0.2) is 0 Å². The van der Waals surface area contributed by atoms with E-state index < -0.39 is 0 Å². The van der Waals surface area contributed by atoms with Crippen molar-refractivity contribution in [3.05, 3.63) is 0 Å². The number of nitrogens with zero attached hydrogens (tertiary/aromatic N) is 2. The standard InChI is InChI=1S/C19H38N4S2/c1-16-8-7-9-17(16)25-15-13-23-19(21)11-6-4-3-5-10-18(20)22-12-14-24-2/h16-17H,3-15H2,1-2H3,(H2,20,22)(H2,21,23). The van der Waals surface area contributed by atoms with E-state index in [4.69, 9.17) is 11.5 Å².